The van der Waals surface area contributed by atoms with E-state index in [1.165, 1.54) is 0 Å². The van der Waals surface area contributed by atoms with Crippen molar-refractivity contribution in [3.63, 3.8) is 0 Å². The Labute approximate surface area is 197 Å². The van der Waals surface area contributed by atoms with Crippen molar-refractivity contribution in [2.75, 3.05) is 23.3 Å². The minimum Gasteiger partial charge on any atom is -0.489 e. The number of nitrogens with one attached hydrogen (secondary N) is 2. The Morgan fingerprint density at radius 2 is 1.76 bits per heavy atom. The molecule has 2 aromatic carbocycles. The average molecular weight is 456 g/mol. The molecule has 1 aromatic heterocycles. The second-order valence-electron chi connectivity index (χ2n) is 8.62. The van der Waals surface area contributed by atoms with E-state index in [0.717, 1.165) is 37.9 Å². The Kier molecular flexibility index (Phi) is 6.00. The monoisotopic (exact) mass is 455 g/mol. The van der Waals surface area contributed by atoms with Gasteiger partial charge in [-0.25, -0.2) is 0 Å². The van der Waals surface area contributed by atoms with Crippen LogP contribution in [0.15, 0.2) is 59.4 Å². The summed E-state index contributed by atoms with van der Waals surface area (Å²) in [6.07, 6.45) is 3.22. The zero-order chi connectivity index (χ0) is 23.5. The van der Waals surface area contributed by atoms with Crippen LogP contribution < -0.4 is 20.5 Å². The number of nitriles is 1. The van der Waals surface area contributed by atoms with Gasteiger partial charge >= 0.3 is 0 Å². The van der Waals surface area contributed by atoms with Crippen LogP contribution in [0.2, 0.25) is 0 Å². The minimum atomic E-state index is -1.03. The predicted octanol–water partition coefficient (Wildman–Crippen LogP) is 3.56. The first-order chi connectivity index (χ1) is 16.6. The average Bonchev–Trinajstić information content (AvgIpc) is 2.88. The molecule has 3 heterocycles. The van der Waals surface area contributed by atoms with Crippen molar-refractivity contribution in [1.82, 2.24) is 9.97 Å². The van der Waals surface area contributed by atoms with Crippen molar-refractivity contribution in [3.8, 4) is 11.8 Å². The zero-order valence-electron chi connectivity index (χ0n) is 18.7. The number of carbonyl (C=O) groups excluding carboxylic acids is 1. The summed E-state index contributed by atoms with van der Waals surface area (Å²) in [6, 6.07) is 19.1. The summed E-state index contributed by atoms with van der Waals surface area (Å²) in [4.78, 5) is 35.5. The third kappa shape index (κ3) is 4.25. The number of benzene rings is 2. The number of amides is 1. The van der Waals surface area contributed by atoms with Crippen molar-refractivity contribution in [2.24, 2.45) is 5.92 Å². The summed E-state index contributed by atoms with van der Waals surface area (Å²) in [5.41, 5.74) is 1.72. The van der Waals surface area contributed by atoms with Crippen molar-refractivity contribution in [1.29, 1.82) is 5.26 Å². The molecule has 0 spiro atoms. The minimum absolute atomic E-state index is 0.232. The van der Waals surface area contributed by atoms with Gasteiger partial charge in [-0.1, -0.05) is 42.5 Å². The van der Waals surface area contributed by atoms with Gasteiger partial charge in [-0.15, -0.1) is 0 Å². The lowest BCUT2D eigenvalue weighted by Crippen LogP contribution is -2.40. The molecule has 1 amide bonds. The lowest BCUT2D eigenvalue weighted by Gasteiger charge is -2.31. The molecule has 2 atom stereocenters. The maximum atomic E-state index is 13.2. The van der Waals surface area contributed by atoms with Gasteiger partial charge in [0.1, 0.15) is 24.1 Å². The molecule has 1 saturated heterocycles. The maximum Gasteiger partial charge on any atom is 0.258 e. The van der Waals surface area contributed by atoms with Gasteiger partial charge < -0.3 is 15.0 Å². The molecule has 5 rings (SSSR count). The SMILES string of the molecule is N#CC1C(=O)Nc2nc(N3CCCCC3)[nH]c(=O)c2C1c1ccc(OCc2ccccc2)cc1. The molecular weight excluding hydrogens is 430 g/mol. The highest BCUT2D eigenvalue weighted by Crippen LogP contribution is 2.38. The number of carbonyl (C=O) groups is 1. The van der Waals surface area contributed by atoms with E-state index in [1.807, 2.05) is 35.2 Å². The summed E-state index contributed by atoms with van der Waals surface area (Å²) in [7, 11) is 0. The van der Waals surface area contributed by atoms with E-state index >= 15 is 0 Å². The summed E-state index contributed by atoms with van der Waals surface area (Å²) < 4.78 is 5.85. The highest BCUT2D eigenvalue weighted by atomic mass is 16.5. The van der Waals surface area contributed by atoms with Crippen LogP contribution in [-0.4, -0.2) is 29.0 Å². The fraction of sp³-hybridized carbons (Fsp3) is 0.308. The first-order valence-corrected chi connectivity index (χ1v) is 11.5. The number of ether oxygens (including phenoxy) is 1. The van der Waals surface area contributed by atoms with Crippen LogP contribution >= 0.6 is 0 Å². The first-order valence-electron chi connectivity index (χ1n) is 11.5. The molecule has 34 heavy (non-hydrogen) atoms. The number of aromatic nitrogens is 2. The Bertz CT molecular complexity index is 1270. The number of rotatable bonds is 5. The van der Waals surface area contributed by atoms with E-state index in [-0.39, 0.29) is 11.4 Å². The molecule has 0 saturated carbocycles. The van der Waals surface area contributed by atoms with E-state index in [0.29, 0.717) is 29.4 Å². The number of aromatic amines is 1. The molecule has 0 bridgehead atoms. The lowest BCUT2D eigenvalue weighted by molar-refractivity contribution is -0.119. The highest BCUT2D eigenvalue weighted by Gasteiger charge is 2.40. The van der Waals surface area contributed by atoms with Crippen LogP contribution in [0.5, 0.6) is 5.75 Å². The molecule has 8 heteroatoms. The van der Waals surface area contributed by atoms with E-state index in [1.54, 1.807) is 24.3 Å². The molecule has 8 nitrogen and oxygen atoms in total. The number of H-pyrrole nitrogens is 1. The highest BCUT2D eigenvalue weighted by molar-refractivity contribution is 5.98. The molecule has 2 aliphatic rings. The van der Waals surface area contributed by atoms with E-state index in [9.17, 15) is 14.9 Å². The predicted molar refractivity (Wildman–Crippen MR) is 128 cm³/mol. The smallest absolute Gasteiger partial charge is 0.258 e. The van der Waals surface area contributed by atoms with Gasteiger partial charge in [0.05, 0.1) is 11.6 Å². The molecular formula is C26H25N5O3. The van der Waals surface area contributed by atoms with Gasteiger partial charge in [0, 0.05) is 19.0 Å². The summed E-state index contributed by atoms with van der Waals surface area (Å²) in [6.45, 7) is 2.05. The van der Waals surface area contributed by atoms with Crippen LogP contribution in [0.25, 0.3) is 0 Å². The van der Waals surface area contributed by atoms with Crippen molar-refractivity contribution in [3.05, 3.63) is 81.6 Å². The summed E-state index contributed by atoms with van der Waals surface area (Å²) in [5, 5.41) is 12.4. The van der Waals surface area contributed by atoms with Crippen LogP contribution in [0.1, 0.15) is 41.9 Å². The van der Waals surface area contributed by atoms with E-state index < -0.39 is 17.7 Å². The number of hydrogen-bond donors (Lipinski definition) is 2. The molecule has 0 aliphatic carbocycles. The van der Waals surface area contributed by atoms with E-state index in [4.69, 9.17) is 4.74 Å². The third-order valence-electron chi connectivity index (χ3n) is 6.39. The Morgan fingerprint density at radius 1 is 1.03 bits per heavy atom. The Hall–Kier alpha value is -4.12. The number of nitrogens with zero attached hydrogens (tertiary/aromatic N) is 3. The second kappa shape index (κ2) is 9.40. The van der Waals surface area contributed by atoms with Crippen LogP contribution in [0.3, 0.4) is 0 Å². The quantitative estimate of drug-likeness (QED) is 0.609. The standard InChI is InChI=1S/C26H25N5O3/c27-15-20-21(18-9-11-19(12-10-18)34-16-17-7-3-1-4-8-17)22-23(28-24(20)32)29-26(30-25(22)33)31-13-5-2-6-14-31/h1,3-4,7-12,20-21H,2,5-6,13-14,16H2,(H2,28,29,30,32,33). The van der Waals surface area contributed by atoms with Gasteiger partial charge in [-0.3, -0.25) is 14.6 Å². The molecule has 172 valence electrons. The number of piperidine rings is 1. The molecule has 2 unspecified atom stereocenters. The number of anilines is 2. The normalized spacial score (nSPS) is 19.6. The largest absolute Gasteiger partial charge is 0.489 e. The molecule has 1 fully saturated rings. The number of hydrogen-bond acceptors (Lipinski definition) is 6. The van der Waals surface area contributed by atoms with Gasteiger partial charge in [-0.2, -0.15) is 10.2 Å². The second-order valence-corrected chi connectivity index (χ2v) is 8.62. The van der Waals surface area contributed by atoms with E-state index in [2.05, 4.69) is 21.4 Å². The summed E-state index contributed by atoms with van der Waals surface area (Å²) in [5.74, 6) is -0.852. The van der Waals surface area contributed by atoms with Crippen molar-refractivity contribution < 1.29 is 9.53 Å². The maximum absolute atomic E-state index is 13.2. The van der Waals surface area contributed by atoms with Crippen molar-refractivity contribution >= 4 is 17.7 Å². The molecule has 2 aliphatic heterocycles. The van der Waals surface area contributed by atoms with Gasteiger partial charge in [0.25, 0.3) is 5.56 Å². The van der Waals surface area contributed by atoms with Crippen LogP contribution in [0, 0.1) is 17.2 Å². The first kappa shape index (κ1) is 21.7. The Balaban J connectivity index is 1.45. The van der Waals surface area contributed by atoms with Crippen molar-refractivity contribution in [2.45, 2.75) is 31.8 Å². The molecule has 2 N–H and O–H groups in total. The topological polar surface area (TPSA) is 111 Å². The Morgan fingerprint density at radius 3 is 2.47 bits per heavy atom. The fourth-order valence-corrected chi connectivity index (χ4v) is 4.63. The molecule has 0 radical (unpaired) electrons. The molecule has 3 aromatic rings. The summed E-state index contributed by atoms with van der Waals surface area (Å²) >= 11 is 0. The third-order valence-corrected chi connectivity index (χ3v) is 6.39. The fourth-order valence-electron chi connectivity index (χ4n) is 4.63. The number of fused-ring (bicyclic) bond motifs is 1. The van der Waals surface area contributed by atoms with Crippen LogP contribution in [-0.2, 0) is 11.4 Å². The van der Waals surface area contributed by atoms with Gasteiger partial charge in [0.2, 0.25) is 11.9 Å². The van der Waals surface area contributed by atoms with Crippen LogP contribution in [0.4, 0.5) is 11.8 Å². The van der Waals surface area contributed by atoms with Gasteiger partial charge in [0.15, 0.2) is 0 Å². The lowest BCUT2D eigenvalue weighted by atomic mass is 9.79. The zero-order valence-corrected chi connectivity index (χ0v) is 18.7. The van der Waals surface area contributed by atoms with Gasteiger partial charge in [-0.05, 0) is 42.5 Å².